The molecule has 3 nitrogen and oxygen atoms in total. The van der Waals surface area contributed by atoms with E-state index in [1.807, 2.05) is 57.2 Å². The molecule has 0 spiro atoms. The minimum Gasteiger partial charge on any atom is -0.488 e. The Labute approximate surface area is 130 Å². The summed E-state index contributed by atoms with van der Waals surface area (Å²) in [5, 5.41) is 2.22. The molecule has 0 fully saturated rings. The van der Waals surface area contributed by atoms with E-state index in [-0.39, 0.29) is 17.7 Å². The first-order valence-corrected chi connectivity index (χ1v) is 7.45. The summed E-state index contributed by atoms with van der Waals surface area (Å²) in [5.74, 6) is 0.571. The fourth-order valence-electron chi connectivity index (χ4n) is 2.81. The van der Waals surface area contributed by atoms with Crippen LogP contribution in [0.5, 0.6) is 5.75 Å². The Morgan fingerprint density at radius 1 is 1.14 bits per heavy atom. The normalized spacial score (nSPS) is 16.6. The highest BCUT2D eigenvalue weighted by molar-refractivity contribution is 5.97. The van der Waals surface area contributed by atoms with Crippen LogP contribution in [0.4, 0.5) is 0 Å². The van der Waals surface area contributed by atoms with Gasteiger partial charge in [0.2, 0.25) is 0 Å². The minimum atomic E-state index is -0.335. The molecule has 0 saturated carbocycles. The number of hydrogen-bond acceptors (Lipinski definition) is 3. The molecule has 2 aromatic rings. The Bertz CT molecular complexity index is 766. The van der Waals surface area contributed by atoms with Gasteiger partial charge in [-0.05, 0) is 43.7 Å². The van der Waals surface area contributed by atoms with Gasteiger partial charge in [0, 0.05) is 18.1 Å². The first-order chi connectivity index (χ1) is 10.3. The zero-order valence-electron chi connectivity index (χ0n) is 13.3. The van der Waals surface area contributed by atoms with Gasteiger partial charge in [0.1, 0.15) is 17.5 Å². The molecule has 0 heterocycles. The highest BCUT2D eigenvalue weighted by Gasteiger charge is 2.23. The van der Waals surface area contributed by atoms with E-state index in [0.717, 1.165) is 27.6 Å². The second-order valence-electron chi connectivity index (χ2n) is 6.53. The molecule has 0 radical (unpaired) electrons. The fraction of sp³-hybridized carbons (Fsp3) is 0.316. The third kappa shape index (κ3) is 2.71. The quantitative estimate of drug-likeness (QED) is 0.757. The van der Waals surface area contributed by atoms with Crippen LogP contribution in [0.2, 0.25) is 0 Å². The molecular weight excluding hydrogens is 276 g/mol. The second-order valence-corrected chi connectivity index (χ2v) is 6.53. The van der Waals surface area contributed by atoms with Crippen molar-refractivity contribution < 1.29 is 14.3 Å². The molecule has 0 N–H and O–H groups in total. The van der Waals surface area contributed by atoms with Gasteiger partial charge in [0.25, 0.3) is 0 Å². The van der Waals surface area contributed by atoms with Crippen LogP contribution in [0.25, 0.3) is 16.8 Å². The molecule has 3 rings (SSSR count). The third-order valence-corrected chi connectivity index (χ3v) is 3.53. The lowest BCUT2D eigenvalue weighted by molar-refractivity contribution is -0.144. The molecule has 3 heteroatoms. The number of carbonyl (C=O) groups is 1. The Morgan fingerprint density at radius 3 is 2.59 bits per heavy atom. The monoisotopic (exact) mass is 296 g/mol. The highest BCUT2D eigenvalue weighted by Crippen LogP contribution is 2.40. The van der Waals surface area contributed by atoms with E-state index in [9.17, 15) is 4.79 Å². The van der Waals surface area contributed by atoms with E-state index < -0.39 is 0 Å². The van der Waals surface area contributed by atoms with Gasteiger partial charge in [-0.15, -0.1) is 0 Å². The predicted molar refractivity (Wildman–Crippen MR) is 87.9 cm³/mol. The van der Waals surface area contributed by atoms with Crippen molar-refractivity contribution in [2.45, 2.75) is 39.4 Å². The third-order valence-electron chi connectivity index (χ3n) is 3.53. The second kappa shape index (κ2) is 5.16. The molecule has 0 aromatic heterocycles. The van der Waals surface area contributed by atoms with Crippen LogP contribution < -0.4 is 4.74 Å². The Morgan fingerprint density at radius 2 is 1.91 bits per heavy atom. The lowest BCUT2D eigenvalue weighted by Crippen LogP contribution is -2.23. The molecule has 1 atom stereocenters. The molecule has 0 saturated heterocycles. The summed E-state index contributed by atoms with van der Waals surface area (Å²) >= 11 is 0. The van der Waals surface area contributed by atoms with E-state index in [2.05, 4.69) is 6.07 Å². The van der Waals surface area contributed by atoms with Crippen molar-refractivity contribution in [1.29, 1.82) is 0 Å². The van der Waals surface area contributed by atoms with Crippen LogP contribution in [0.3, 0.4) is 0 Å². The molecule has 22 heavy (non-hydrogen) atoms. The van der Waals surface area contributed by atoms with E-state index in [1.165, 1.54) is 6.92 Å². The van der Waals surface area contributed by atoms with Crippen molar-refractivity contribution in [2.75, 3.05) is 0 Å². The van der Waals surface area contributed by atoms with Gasteiger partial charge in [-0.1, -0.05) is 30.3 Å². The number of hydrogen-bond donors (Lipinski definition) is 0. The number of rotatable bonds is 2. The molecule has 1 aliphatic carbocycles. The maximum Gasteiger partial charge on any atom is 0.303 e. The Balaban J connectivity index is 2.17. The Hall–Kier alpha value is -2.29. The zero-order valence-corrected chi connectivity index (χ0v) is 13.3. The summed E-state index contributed by atoms with van der Waals surface area (Å²) in [4.78, 5) is 11.3. The SMILES string of the molecule is CC(=O)OC1C=Cc2c(OC(C)(C)C)ccc3cccc1c23. The first kappa shape index (κ1) is 14.6. The number of ether oxygens (including phenoxy) is 2. The van der Waals surface area contributed by atoms with E-state index in [0.29, 0.717) is 0 Å². The number of benzene rings is 2. The summed E-state index contributed by atoms with van der Waals surface area (Å²) in [6.45, 7) is 7.53. The minimum absolute atomic E-state index is 0.264. The van der Waals surface area contributed by atoms with Crippen LogP contribution >= 0.6 is 0 Å². The van der Waals surface area contributed by atoms with Crippen LogP contribution in [0.1, 0.15) is 44.9 Å². The van der Waals surface area contributed by atoms with Crippen molar-refractivity contribution in [3.8, 4) is 5.75 Å². The van der Waals surface area contributed by atoms with Gasteiger partial charge in [-0.3, -0.25) is 4.79 Å². The van der Waals surface area contributed by atoms with E-state index >= 15 is 0 Å². The largest absolute Gasteiger partial charge is 0.488 e. The van der Waals surface area contributed by atoms with Crippen molar-refractivity contribution in [3.63, 3.8) is 0 Å². The summed E-state index contributed by atoms with van der Waals surface area (Å²) < 4.78 is 11.5. The zero-order chi connectivity index (χ0) is 15.9. The van der Waals surface area contributed by atoms with Gasteiger partial charge in [0.05, 0.1) is 0 Å². The van der Waals surface area contributed by atoms with Crippen molar-refractivity contribution in [1.82, 2.24) is 0 Å². The van der Waals surface area contributed by atoms with Crippen LogP contribution in [-0.2, 0) is 9.53 Å². The summed E-state index contributed by atoms with van der Waals surface area (Å²) in [6.07, 6.45) is 3.57. The van der Waals surface area contributed by atoms with Crippen LogP contribution in [0.15, 0.2) is 36.4 Å². The maximum absolute atomic E-state index is 11.3. The van der Waals surface area contributed by atoms with Crippen molar-refractivity contribution >= 4 is 22.8 Å². The summed E-state index contributed by atoms with van der Waals surface area (Å²) in [7, 11) is 0. The Kier molecular flexibility index (Phi) is 3.44. The predicted octanol–water partition coefficient (Wildman–Crippen LogP) is 4.65. The topological polar surface area (TPSA) is 35.5 Å². The number of carbonyl (C=O) groups excluding carboxylic acids is 1. The van der Waals surface area contributed by atoms with E-state index in [4.69, 9.17) is 9.47 Å². The molecule has 114 valence electrons. The lowest BCUT2D eigenvalue weighted by atomic mass is 9.90. The maximum atomic E-state index is 11.3. The fourth-order valence-corrected chi connectivity index (χ4v) is 2.81. The first-order valence-electron chi connectivity index (χ1n) is 7.45. The van der Waals surface area contributed by atoms with E-state index in [1.54, 1.807) is 0 Å². The molecule has 1 unspecified atom stereocenters. The molecule has 2 aromatic carbocycles. The number of esters is 1. The molecule has 0 bridgehead atoms. The van der Waals surface area contributed by atoms with Gasteiger partial charge in [0.15, 0.2) is 0 Å². The van der Waals surface area contributed by atoms with Crippen molar-refractivity contribution in [3.05, 3.63) is 47.5 Å². The summed E-state index contributed by atoms with van der Waals surface area (Å²) in [6, 6.07) is 10.1. The standard InChI is InChI=1S/C19H20O3/c1-12(20)21-16-11-9-15-17(22-19(2,3)4)10-8-13-6-5-7-14(16)18(13)15/h5-11,16H,1-4H3. The molecule has 0 aliphatic heterocycles. The van der Waals surface area contributed by atoms with Gasteiger partial charge in [-0.25, -0.2) is 0 Å². The average molecular weight is 296 g/mol. The van der Waals surface area contributed by atoms with Crippen LogP contribution in [0, 0.1) is 0 Å². The van der Waals surface area contributed by atoms with Gasteiger partial charge in [-0.2, -0.15) is 0 Å². The summed E-state index contributed by atoms with van der Waals surface area (Å²) in [5.41, 5.74) is 1.79. The highest BCUT2D eigenvalue weighted by atomic mass is 16.5. The molecule has 0 amide bonds. The molecule has 1 aliphatic rings. The lowest BCUT2D eigenvalue weighted by Gasteiger charge is -2.26. The van der Waals surface area contributed by atoms with Gasteiger partial charge < -0.3 is 9.47 Å². The van der Waals surface area contributed by atoms with Gasteiger partial charge >= 0.3 is 5.97 Å². The average Bonchev–Trinajstić information content (AvgIpc) is 2.42. The van der Waals surface area contributed by atoms with Crippen LogP contribution in [-0.4, -0.2) is 11.6 Å². The molecular formula is C19H20O3. The van der Waals surface area contributed by atoms with Crippen molar-refractivity contribution in [2.24, 2.45) is 0 Å². The smallest absolute Gasteiger partial charge is 0.303 e.